The zero-order chi connectivity index (χ0) is 15.2. The largest absolute Gasteiger partial charge is 0.352 e. The zero-order valence-corrected chi connectivity index (χ0v) is 13.9. The molecule has 3 nitrogen and oxygen atoms in total. The molecule has 1 heterocycles. The van der Waals surface area contributed by atoms with Gasteiger partial charge in [-0.1, -0.05) is 22.9 Å². The van der Waals surface area contributed by atoms with Crippen molar-refractivity contribution in [2.24, 2.45) is 11.8 Å². The van der Waals surface area contributed by atoms with Crippen LogP contribution in [0, 0.1) is 17.7 Å². The lowest BCUT2D eigenvalue weighted by Gasteiger charge is -2.28. The second-order valence-corrected chi connectivity index (χ2v) is 6.65. The van der Waals surface area contributed by atoms with E-state index in [1.54, 1.807) is 6.07 Å². The molecule has 0 aromatic heterocycles. The summed E-state index contributed by atoms with van der Waals surface area (Å²) < 4.78 is 14.0. The Kier molecular flexibility index (Phi) is 6.18. The normalized spacial score (nSPS) is 20.0. The molecule has 116 valence electrons. The fraction of sp³-hybridized carbons (Fsp3) is 0.562. The first kappa shape index (κ1) is 16.4. The lowest BCUT2D eigenvalue weighted by molar-refractivity contribution is -0.122. The first-order chi connectivity index (χ1) is 10.1. The second-order valence-electron chi connectivity index (χ2n) is 5.80. The van der Waals surface area contributed by atoms with Crippen LogP contribution in [0.3, 0.4) is 0 Å². The molecule has 0 aliphatic carbocycles. The van der Waals surface area contributed by atoms with Crippen molar-refractivity contribution in [3.63, 3.8) is 0 Å². The topological polar surface area (TPSA) is 41.1 Å². The molecule has 2 rings (SSSR count). The summed E-state index contributed by atoms with van der Waals surface area (Å²) in [4.78, 5) is 12.0. The fourth-order valence-corrected chi connectivity index (χ4v) is 3.16. The van der Waals surface area contributed by atoms with Crippen LogP contribution in [-0.2, 0) is 11.3 Å². The summed E-state index contributed by atoms with van der Waals surface area (Å²) in [6.07, 6.45) is 2.91. The van der Waals surface area contributed by atoms with Crippen molar-refractivity contribution in [3.05, 3.63) is 34.1 Å². The maximum atomic E-state index is 13.2. The molecule has 2 unspecified atom stereocenters. The van der Waals surface area contributed by atoms with E-state index in [0.29, 0.717) is 24.8 Å². The van der Waals surface area contributed by atoms with Crippen LogP contribution in [0.4, 0.5) is 4.39 Å². The molecule has 21 heavy (non-hydrogen) atoms. The molecule has 2 N–H and O–H groups in total. The summed E-state index contributed by atoms with van der Waals surface area (Å²) in [5, 5.41) is 6.26. The van der Waals surface area contributed by atoms with E-state index in [2.05, 4.69) is 33.5 Å². The number of carbonyl (C=O) groups excluding carboxylic acids is 1. The smallest absolute Gasteiger partial charge is 0.220 e. The predicted octanol–water partition coefficient (Wildman–Crippen LogP) is 3.23. The molecular formula is C16H22BrFN2O. The standard InChI is InChI=1S/C16H22BrFN2O/c1-11(12-3-2-6-19-9-12)7-16(21)20-10-13-8-14(18)4-5-15(13)17/h4-5,8,11-12,19H,2-3,6-7,9-10H2,1H3,(H,20,21). The molecule has 2 atom stereocenters. The lowest BCUT2D eigenvalue weighted by atomic mass is 9.85. The van der Waals surface area contributed by atoms with Gasteiger partial charge in [0, 0.05) is 17.4 Å². The Balaban J connectivity index is 1.80. The van der Waals surface area contributed by atoms with Crippen LogP contribution in [0.5, 0.6) is 0 Å². The van der Waals surface area contributed by atoms with E-state index >= 15 is 0 Å². The third kappa shape index (κ3) is 5.08. The Morgan fingerprint density at radius 2 is 2.38 bits per heavy atom. The quantitative estimate of drug-likeness (QED) is 0.850. The SMILES string of the molecule is CC(CC(=O)NCc1cc(F)ccc1Br)C1CCCNC1. The van der Waals surface area contributed by atoms with Gasteiger partial charge in [0.2, 0.25) is 5.91 Å². The van der Waals surface area contributed by atoms with E-state index in [0.717, 1.165) is 23.1 Å². The van der Waals surface area contributed by atoms with E-state index in [1.165, 1.54) is 25.0 Å². The van der Waals surface area contributed by atoms with Crippen LogP contribution in [0.1, 0.15) is 31.7 Å². The van der Waals surface area contributed by atoms with Gasteiger partial charge in [0.05, 0.1) is 0 Å². The fourth-order valence-electron chi connectivity index (χ4n) is 2.77. The van der Waals surface area contributed by atoms with Crippen LogP contribution in [0.2, 0.25) is 0 Å². The van der Waals surface area contributed by atoms with Gasteiger partial charge in [0.15, 0.2) is 0 Å². The Morgan fingerprint density at radius 1 is 1.57 bits per heavy atom. The van der Waals surface area contributed by atoms with E-state index < -0.39 is 0 Å². The maximum Gasteiger partial charge on any atom is 0.220 e. The first-order valence-electron chi connectivity index (χ1n) is 7.47. The summed E-state index contributed by atoms with van der Waals surface area (Å²) in [5.41, 5.74) is 0.760. The molecule has 1 aliphatic heterocycles. The number of halogens is 2. The van der Waals surface area contributed by atoms with Crippen LogP contribution in [0.15, 0.2) is 22.7 Å². The Labute approximate surface area is 133 Å². The highest BCUT2D eigenvalue weighted by Crippen LogP contribution is 2.22. The number of benzene rings is 1. The molecular weight excluding hydrogens is 335 g/mol. The highest BCUT2D eigenvalue weighted by Gasteiger charge is 2.21. The van der Waals surface area contributed by atoms with Crippen LogP contribution in [-0.4, -0.2) is 19.0 Å². The number of nitrogens with one attached hydrogen (secondary N) is 2. The summed E-state index contributed by atoms with van der Waals surface area (Å²) in [7, 11) is 0. The molecule has 1 fully saturated rings. The van der Waals surface area contributed by atoms with Gasteiger partial charge in [-0.15, -0.1) is 0 Å². The predicted molar refractivity (Wildman–Crippen MR) is 85.3 cm³/mol. The second kappa shape index (κ2) is 7.90. The van der Waals surface area contributed by atoms with Crippen molar-refractivity contribution in [3.8, 4) is 0 Å². The molecule has 1 aromatic carbocycles. The Hall–Kier alpha value is -0.940. The monoisotopic (exact) mass is 356 g/mol. The van der Waals surface area contributed by atoms with Crippen molar-refractivity contribution < 1.29 is 9.18 Å². The molecule has 0 saturated carbocycles. The number of rotatable bonds is 5. The van der Waals surface area contributed by atoms with Gasteiger partial charge in [-0.05, 0) is 61.5 Å². The van der Waals surface area contributed by atoms with Crippen molar-refractivity contribution in [2.45, 2.75) is 32.7 Å². The highest BCUT2D eigenvalue weighted by molar-refractivity contribution is 9.10. The van der Waals surface area contributed by atoms with Gasteiger partial charge < -0.3 is 10.6 Å². The third-order valence-corrected chi connectivity index (χ3v) is 4.90. The van der Waals surface area contributed by atoms with Gasteiger partial charge in [-0.3, -0.25) is 4.79 Å². The maximum absolute atomic E-state index is 13.2. The molecule has 0 spiro atoms. The van der Waals surface area contributed by atoms with Gasteiger partial charge >= 0.3 is 0 Å². The number of hydrogen-bond donors (Lipinski definition) is 2. The average Bonchev–Trinajstić information content (AvgIpc) is 2.49. The van der Waals surface area contributed by atoms with E-state index in [4.69, 9.17) is 0 Å². The summed E-state index contributed by atoms with van der Waals surface area (Å²) in [6.45, 7) is 4.58. The molecule has 1 aliphatic rings. The van der Waals surface area contributed by atoms with Crippen molar-refractivity contribution in [2.75, 3.05) is 13.1 Å². The molecule has 1 aromatic rings. The van der Waals surface area contributed by atoms with E-state index in [9.17, 15) is 9.18 Å². The summed E-state index contributed by atoms with van der Waals surface area (Å²) in [6, 6.07) is 4.50. The van der Waals surface area contributed by atoms with Crippen molar-refractivity contribution in [1.29, 1.82) is 0 Å². The highest BCUT2D eigenvalue weighted by atomic mass is 79.9. The third-order valence-electron chi connectivity index (χ3n) is 4.13. The van der Waals surface area contributed by atoms with Gasteiger partial charge in [-0.2, -0.15) is 0 Å². The van der Waals surface area contributed by atoms with Gasteiger partial charge in [0.1, 0.15) is 5.82 Å². The molecule has 5 heteroatoms. The first-order valence-corrected chi connectivity index (χ1v) is 8.27. The Morgan fingerprint density at radius 3 is 3.10 bits per heavy atom. The summed E-state index contributed by atoms with van der Waals surface area (Å²) in [5.74, 6) is 0.687. The Bertz CT molecular complexity index is 489. The van der Waals surface area contributed by atoms with Crippen LogP contribution >= 0.6 is 15.9 Å². The zero-order valence-electron chi connectivity index (χ0n) is 12.3. The van der Waals surface area contributed by atoms with E-state index in [-0.39, 0.29) is 11.7 Å². The number of carbonyl (C=O) groups is 1. The molecule has 0 bridgehead atoms. The average molecular weight is 357 g/mol. The number of piperidine rings is 1. The lowest BCUT2D eigenvalue weighted by Crippen LogP contribution is -2.35. The minimum absolute atomic E-state index is 0.0317. The molecule has 1 saturated heterocycles. The van der Waals surface area contributed by atoms with Gasteiger partial charge in [-0.25, -0.2) is 4.39 Å². The van der Waals surface area contributed by atoms with Crippen LogP contribution in [0.25, 0.3) is 0 Å². The van der Waals surface area contributed by atoms with Crippen molar-refractivity contribution in [1.82, 2.24) is 10.6 Å². The van der Waals surface area contributed by atoms with E-state index in [1.807, 2.05) is 0 Å². The minimum atomic E-state index is -0.288. The summed E-state index contributed by atoms with van der Waals surface area (Å²) >= 11 is 3.37. The molecule has 1 amide bonds. The minimum Gasteiger partial charge on any atom is -0.352 e. The number of amides is 1. The van der Waals surface area contributed by atoms with Crippen LogP contribution < -0.4 is 10.6 Å². The van der Waals surface area contributed by atoms with Crippen molar-refractivity contribution >= 4 is 21.8 Å². The molecule has 0 radical (unpaired) electrons. The number of hydrogen-bond acceptors (Lipinski definition) is 2. The van der Waals surface area contributed by atoms with Gasteiger partial charge in [0.25, 0.3) is 0 Å².